The molecule has 7 heteroatoms. The van der Waals surface area contributed by atoms with Crippen LogP contribution in [0.5, 0.6) is 0 Å². The summed E-state index contributed by atoms with van der Waals surface area (Å²) in [4.78, 5) is 36.0. The summed E-state index contributed by atoms with van der Waals surface area (Å²) in [7, 11) is 0. The predicted molar refractivity (Wildman–Crippen MR) is 116 cm³/mol. The van der Waals surface area contributed by atoms with E-state index in [4.69, 9.17) is 5.11 Å². The number of carboxylic acids is 1. The molecule has 1 atom stereocenters. The lowest BCUT2D eigenvalue weighted by Crippen LogP contribution is -2.25. The van der Waals surface area contributed by atoms with Gasteiger partial charge < -0.3 is 15.7 Å². The first kappa shape index (κ1) is 22.5. The molecule has 2 aromatic rings. The van der Waals surface area contributed by atoms with Crippen LogP contribution in [0, 0.1) is 13.8 Å². The largest absolute Gasteiger partial charge is 0.481 e. The summed E-state index contributed by atoms with van der Waals surface area (Å²) in [6, 6.07) is 13.1. The van der Waals surface area contributed by atoms with Gasteiger partial charge in [-0.3, -0.25) is 14.4 Å². The summed E-state index contributed by atoms with van der Waals surface area (Å²) in [6.45, 7) is 5.93. The molecule has 0 aliphatic heterocycles. The average Bonchev–Trinajstić information content (AvgIpc) is 2.67. The lowest BCUT2D eigenvalue weighted by atomic mass is 10.1. The van der Waals surface area contributed by atoms with Crippen molar-refractivity contribution in [3.8, 4) is 0 Å². The Labute approximate surface area is 175 Å². The van der Waals surface area contributed by atoms with Gasteiger partial charge in [-0.25, -0.2) is 0 Å². The molecule has 0 fully saturated rings. The second kappa shape index (κ2) is 10.7. The second-order valence-corrected chi connectivity index (χ2v) is 8.07. The van der Waals surface area contributed by atoms with Crippen LogP contribution in [0.2, 0.25) is 0 Å². The second-order valence-electron chi connectivity index (χ2n) is 6.79. The van der Waals surface area contributed by atoms with Crippen molar-refractivity contribution in [1.29, 1.82) is 0 Å². The third-order valence-electron chi connectivity index (χ3n) is 4.27. The molecule has 3 N–H and O–H groups in total. The normalized spacial score (nSPS) is 11.6. The van der Waals surface area contributed by atoms with Gasteiger partial charge in [0.05, 0.1) is 11.7 Å². The Kier molecular flexibility index (Phi) is 8.27. The molecule has 2 rings (SSSR count). The number of aliphatic carboxylic acids is 1. The van der Waals surface area contributed by atoms with E-state index in [9.17, 15) is 14.4 Å². The number of hydrogen-bond donors (Lipinski definition) is 3. The highest BCUT2D eigenvalue weighted by Crippen LogP contribution is 2.29. The van der Waals surface area contributed by atoms with Crippen LogP contribution in [0.3, 0.4) is 0 Å². The van der Waals surface area contributed by atoms with Crippen LogP contribution in [0.25, 0.3) is 0 Å². The number of anilines is 2. The highest BCUT2D eigenvalue weighted by Gasteiger charge is 2.19. The molecule has 0 radical (unpaired) electrons. The van der Waals surface area contributed by atoms with Crippen LogP contribution in [0.1, 0.15) is 37.3 Å². The number of hydrogen-bond acceptors (Lipinski definition) is 4. The minimum atomic E-state index is -1.01. The fraction of sp³-hybridized carbons (Fsp3) is 0.318. The Hall–Kier alpha value is -2.80. The minimum absolute atomic E-state index is 0.0691. The molecule has 0 aromatic heterocycles. The molecular weight excluding hydrogens is 388 g/mol. The number of carboxylic acid groups (broad SMARTS) is 1. The van der Waals surface area contributed by atoms with Crippen molar-refractivity contribution >= 4 is 40.9 Å². The van der Waals surface area contributed by atoms with Crippen LogP contribution in [0.4, 0.5) is 11.4 Å². The first-order chi connectivity index (χ1) is 13.8. The van der Waals surface area contributed by atoms with Crippen LogP contribution in [0.15, 0.2) is 47.4 Å². The molecule has 0 heterocycles. The van der Waals surface area contributed by atoms with Gasteiger partial charge in [-0.15, -0.1) is 11.8 Å². The Morgan fingerprint density at radius 2 is 1.79 bits per heavy atom. The molecule has 0 aliphatic rings. The number of carbonyl (C=O) groups is 3. The van der Waals surface area contributed by atoms with Crippen LogP contribution < -0.4 is 10.6 Å². The summed E-state index contributed by atoms with van der Waals surface area (Å²) in [5.74, 6) is -1.43. The molecule has 154 valence electrons. The number of rotatable bonds is 9. The fourth-order valence-electron chi connectivity index (χ4n) is 2.74. The Morgan fingerprint density at radius 3 is 2.45 bits per heavy atom. The molecule has 29 heavy (non-hydrogen) atoms. The number of nitrogens with one attached hydrogen (secondary N) is 2. The Morgan fingerprint density at radius 1 is 1.03 bits per heavy atom. The van der Waals surface area contributed by atoms with E-state index in [0.717, 1.165) is 21.7 Å². The van der Waals surface area contributed by atoms with Crippen LogP contribution in [-0.4, -0.2) is 28.1 Å². The zero-order chi connectivity index (χ0) is 21.4. The van der Waals surface area contributed by atoms with Crippen molar-refractivity contribution in [2.24, 2.45) is 0 Å². The van der Waals surface area contributed by atoms with E-state index in [1.54, 1.807) is 18.2 Å². The third-order valence-corrected chi connectivity index (χ3v) is 5.62. The van der Waals surface area contributed by atoms with E-state index in [1.165, 1.54) is 11.8 Å². The molecule has 1 unspecified atom stereocenters. The monoisotopic (exact) mass is 414 g/mol. The maximum absolute atomic E-state index is 12.7. The highest BCUT2D eigenvalue weighted by molar-refractivity contribution is 8.00. The third kappa shape index (κ3) is 7.27. The predicted octanol–water partition coefficient (Wildman–Crippen LogP) is 4.62. The molecule has 2 amide bonds. The van der Waals surface area contributed by atoms with Gasteiger partial charge in [0.15, 0.2) is 0 Å². The zero-order valence-corrected chi connectivity index (χ0v) is 17.6. The molecule has 0 spiro atoms. The summed E-state index contributed by atoms with van der Waals surface area (Å²) < 4.78 is 0. The van der Waals surface area contributed by atoms with Crippen molar-refractivity contribution in [1.82, 2.24) is 0 Å². The van der Waals surface area contributed by atoms with Crippen molar-refractivity contribution in [3.63, 3.8) is 0 Å². The van der Waals surface area contributed by atoms with E-state index in [-0.39, 0.29) is 29.9 Å². The number of amides is 2. The number of thioether (sulfide) groups is 1. The summed E-state index contributed by atoms with van der Waals surface area (Å²) >= 11 is 1.43. The molecule has 0 bridgehead atoms. The molecule has 2 aromatic carbocycles. The Balaban J connectivity index is 2.01. The molecule has 0 aliphatic carbocycles. The van der Waals surface area contributed by atoms with Gasteiger partial charge in [-0.2, -0.15) is 0 Å². The molecule has 0 saturated carbocycles. The number of benzene rings is 2. The lowest BCUT2D eigenvalue weighted by molar-refractivity contribution is -0.138. The SMILES string of the molecule is CCC(Sc1cccc(NC(=O)CCC(=O)O)c1)C(=O)Nc1ccc(C)cc1C. The number of carbonyl (C=O) groups excluding carboxylic acids is 2. The minimum Gasteiger partial charge on any atom is -0.481 e. The van der Waals surface area contributed by atoms with E-state index < -0.39 is 5.97 Å². The van der Waals surface area contributed by atoms with E-state index >= 15 is 0 Å². The standard InChI is InChI=1S/C22H26N2O4S/c1-4-19(22(28)24-18-9-8-14(2)12-15(18)3)29-17-7-5-6-16(13-17)23-20(25)10-11-21(26)27/h5-9,12-13,19H,4,10-11H2,1-3H3,(H,23,25)(H,24,28)(H,26,27). The summed E-state index contributed by atoms with van der Waals surface area (Å²) in [6.07, 6.45) is 0.357. The van der Waals surface area contributed by atoms with Crippen molar-refractivity contribution in [2.45, 2.75) is 50.2 Å². The topological polar surface area (TPSA) is 95.5 Å². The highest BCUT2D eigenvalue weighted by atomic mass is 32.2. The van der Waals surface area contributed by atoms with Gasteiger partial charge >= 0.3 is 5.97 Å². The van der Waals surface area contributed by atoms with Gasteiger partial charge in [0.2, 0.25) is 11.8 Å². The maximum atomic E-state index is 12.7. The molecule has 0 saturated heterocycles. The molecular formula is C22H26N2O4S. The average molecular weight is 415 g/mol. The van der Waals surface area contributed by atoms with Crippen molar-refractivity contribution in [2.75, 3.05) is 10.6 Å². The smallest absolute Gasteiger partial charge is 0.303 e. The fourth-order valence-corrected chi connectivity index (χ4v) is 3.76. The van der Waals surface area contributed by atoms with E-state index in [0.29, 0.717) is 12.1 Å². The summed E-state index contributed by atoms with van der Waals surface area (Å²) in [5.41, 5.74) is 3.54. The zero-order valence-electron chi connectivity index (χ0n) is 16.8. The van der Waals surface area contributed by atoms with Crippen molar-refractivity contribution in [3.05, 3.63) is 53.6 Å². The maximum Gasteiger partial charge on any atom is 0.303 e. The van der Waals surface area contributed by atoms with Gasteiger partial charge in [0.25, 0.3) is 0 Å². The molecule has 6 nitrogen and oxygen atoms in total. The van der Waals surface area contributed by atoms with Crippen LogP contribution >= 0.6 is 11.8 Å². The Bertz CT molecular complexity index is 898. The summed E-state index contributed by atoms with van der Waals surface area (Å²) in [5, 5.41) is 14.1. The van der Waals surface area contributed by atoms with Gasteiger partial charge in [0.1, 0.15) is 0 Å². The first-order valence-corrected chi connectivity index (χ1v) is 10.3. The lowest BCUT2D eigenvalue weighted by Gasteiger charge is -2.16. The van der Waals surface area contributed by atoms with Gasteiger partial charge in [-0.05, 0) is 50.1 Å². The van der Waals surface area contributed by atoms with Gasteiger partial charge in [-0.1, -0.05) is 30.7 Å². The quantitative estimate of drug-likeness (QED) is 0.521. The first-order valence-electron chi connectivity index (χ1n) is 9.45. The van der Waals surface area contributed by atoms with Crippen molar-refractivity contribution < 1.29 is 19.5 Å². The van der Waals surface area contributed by atoms with E-state index in [1.807, 2.05) is 45.0 Å². The van der Waals surface area contributed by atoms with Gasteiger partial charge in [0, 0.05) is 22.7 Å². The van der Waals surface area contributed by atoms with E-state index in [2.05, 4.69) is 10.6 Å². The van der Waals surface area contributed by atoms with Crippen LogP contribution in [-0.2, 0) is 14.4 Å². The number of aryl methyl sites for hydroxylation is 2.